The lowest BCUT2D eigenvalue weighted by Gasteiger charge is -2.10. The summed E-state index contributed by atoms with van der Waals surface area (Å²) in [5, 5.41) is 5.94. The fraction of sp³-hybridized carbons (Fsp3) is 0. The van der Waals surface area contributed by atoms with E-state index < -0.39 is 0 Å². The van der Waals surface area contributed by atoms with Crippen LogP contribution in [-0.2, 0) is 0 Å². The van der Waals surface area contributed by atoms with Crippen molar-refractivity contribution in [1.82, 2.24) is 19.9 Å². The normalized spacial score (nSPS) is 11.8. The van der Waals surface area contributed by atoms with Crippen molar-refractivity contribution in [1.29, 1.82) is 0 Å². The first kappa shape index (κ1) is 26.8. The van der Waals surface area contributed by atoms with Crippen LogP contribution in [0.3, 0.4) is 0 Å². The third-order valence-corrected chi connectivity index (χ3v) is 11.9. The van der Waals surface area contributed by atoms with Crippen molar-refractivity contribution in [3.63, 3.8) is 0 Å². The minimum atomic E-state index is 0.663. The fourth-order valence-electron chi connectivity index (χ4n) is 6.34. The lowest BCUT2D eigenvalue weighted by molar-refractivity contribution is 1.08. The number of aromatic nitrogens is 4. The minimum absolute atomic E-state index is 0.663. The Bertz CT molecular complexity index is 2800. The van der Waals surface area contributed by atoms with E-state index in [1.54, 1.807) is 34.0 Å². The van der Waals surface area contributed by atoms with E-state index in [-0.39, 0.29) is 0 Å². The molecule has 0 saturated heterocycles. The Balaban J connectivity index is 1.19. The van der Waals surface area contributed by atoms with Gasteiger partial charge in [0.25, 0.3) is 0 Å². The first-order chi connectivity index (χ1) is 23.2. The number of nitrogens with zero attached hydrogens (tertiary/aromatic N) is 4. The van der Waals surface area contributed by atoms with Crippen LogP contribution in [0.1, 0.15) is 0 Å². The number of rotatable bonds is 4. The highest BCUT2D eigenvalue weighted by Crippen LogP contribution is 2.43. The van der Waals surface area contributed by atoms with E-state index in [9.17, 15) is 0 Å². The van der Waals surface area contributed by atoms with Gasteiger partial charge in [-0.15, -0.1) is 34.0 Å². The molecule has 47 heavy (non-hydrogen) atoms. The molecular weight excluding hydrogens is 633 g/mol. The number of hydrogen-bond donors (Lipinski definition) is 0. The molecule has 0 aliphatic rings. The van der Waals surface area contributed by atoms with Gasteiger partial charge < -0.3 is 0 Å². The minimum Gasteiger partial charge on any atom is -0.236 e. The van der Waals surface area contributed by atoms with Crippen LogP contribution in [0.15, 0.2) is 133 Å². The summed E-state index contributed by atoms with van der Waals surface area (Å²) in [6, 6.07) is 46.7. The number of fused-ring (bicyclic) bond motifs is 7. The van der Waals surface area contributed by atoms with Crippen molar-refractivity contribution in [3.05, 3.63) is 133 Å². The highest BCUT2D eigenvalue weighted by Gasteiger charge is 2.19. The summed E-state index contributed by atoms with van der Waals surface area (Å²) < 4.78 is 6.08. The first-order valence-corrected chi connectivity index (χ1v) is 17.7. The van der Waals surface area contributed by atoms with Gasteiger partial charge in [0.15, 0.2) is 17.5 Å². The van der Waals surface area contributed by atoms with Crippen LogP contribution in [0.2, 0.25) is 0 Å². The summed E-state index contributed by atoms with van der Waals surface area (Å²) in [6.07, 6.45) is 0. The smallest absolute Gasteiger partial charge is 0.164 e. The zero-order valence-corrected chi connectivity index (χ0v) is 27.2. The molecule has 4 nitrogen and oxygen atoms in total. The maximum atomic E-state index is 5.18. The summed E-state index contributed by atoms with van der Waals surface area (Å²) in [5.74, 6) is 2.00. The van der Waals surface area contributed by atoms with E-state index in [4.69, 9.17) is 19.9 Å². The van der Waals surface area contributed by atoms with Crippen molar-refractivity contribution in [3.8, 4) is 44.7 Å². The van der Waals surface area contributed by atoms with Crippen LogP contribution in [-0.4, -0.2) is 19.9 Å². The van der Waals surface area contributed by atoms with E-state index >= 15 is 0 Å². The number of thiazole rings is 1. The highest BCUT2D eigenvalue weighted by atomic mass is 32.1. The van der Waals surface area contributed by atoms with Crippen molar-refractivity contribution < 1.29 is 0 Å². The predicted molar refractivity (Wildman–Crippen MR) is 201 cm³/mol. The summed E-state index contributed by atoms with van der Waals surface area (Å²) in [4.78, 5) is 20.3. The van der Waals surface area contributed by atoms with Crippen molar-refractivity contribution >= 4 is 84.6 Å². The average Bonchev–Trinajstić information content (AvgIpc) is 3.83. The van der Waals surface area contributed by atoms with Crippen molar-refractivity contribution in [2.24, 2.45) is 0 Å². The van der Waals surface area contributed by atoms with Crippen molar-refractivity contribution in [2.75, 3.05) is 0 Å². The Hall–Kier alpha value is -5.34. The van der Waals surface area contributed by atoms with Gasteiger partial charge in [-0.3, -0.25) is 0 Å². The summed E-state index contributed by atoms with van der Waals surface area (Å²) in [6.45, 7) is 0. The van der Waals surface area contributed by atoms with E-state index in [2.05, 4.69) is 109 Å². The van der Waals surface area contributed by atoms with Crippen LogP contribution in [0.25, 0.3) is 95.3 Å². The average molecular weight is 655 g/mol. The van der Waals surface area contributed by atoms with Gasteiger partial charge in [-0.1, -0.05) is 103 Å². The Morgan fingerprint density at radius 3 is 1.87 bits per heavy atom. The lowest BCUT2D eigenvalue weighted by Crippen LogP contribution is -2.00. The summed E-state index contributed by atoms with van der Waals surface area (Å²) >= 11 is 5.33. The van der Waals surface area contributed by atoms with E-state index in [0.29, 0.717) is 17.5 Å². The Morgan fingerprint density at radius 1 is 0.362 bits per heavy atom. The third-order valence-electron chi connectivity index (χ3n) is 8.57. The number of hydrogen-bond acceptors (Lipinski definition) is 7. The van der Waals surface area contributed by atoms with Gasteiger partial charge in [-0.2, -0.15) is 0 Å². The molecule has 0 amide bonds. The second kappa shape index (κ2) is 10.6. The van der Waals surface area contributed by atoms with Crippen LogP contribution >= 0.6 is 34.0 Å². The van der Waals surface area contributed by atoms with Gasteiger partial charge in [0, 0.05) is 62.6 Å². The van der Waals surface area contributed by atoms with E-state index in [1.165, 1.54) is 45.0 Å². The molecule has 0 atom stereocenters. The van der Waals surface area contributed by atoms with Crippen LogP contribution in [0.4, 0.5) is 0 Å². The Labute approximate surface area is 281 Å². The summed E-state index contributed by atoms with van der Waals surface area (Å²) in [5.41, 5.74) is 5.11. The molecule has 0 bridgehead atoms. The molecule has 0 aliphatic carbocycles. The molecule has 7 heteroatoms. The maximum absolute atomic E-state index is 5.18. The molecule has 0 N–H and O–H groups in total. The molecule has 4 heterocycles. The number of thiophene rings is 2. The molecule has 0 spiro atoms. The zero-order chi connectivity index (χ0) is 30.9. The Morgan fingerprint density at radius 2 is 1.02 bits per heavy atom. The molecule has 220 valence electrons. The molecule has 6 aromatic carbocycles. The fourth-order valence-corrected chi connectivity index (χ4v) is 9.63. The molecular formula is C40H22N4S3. The van der Waals surface area contributed by atoms with Crippen LogP contribution in [0, 0.1) is 0 Å². The van der Waals surface area contributed by atoms with Crippen LogP contribution < -0.4 is 0 Å². The van der Waals surface area contributed by atoms with E-state index in [1.807, 2.05) is 24.3 Å². The highest BCUT2D eigenvalue weighted by molar-refractivity contribution is 7.26. The molecule has 10 rings (SSSR count). The van der Waals surface area contributed by atoms with Gasteiger partial charge in [0.2, 0.25) is 0 Å². The van der Waals surface area contributed by atoms with Gasteiger partial charge in [0.1, 0.15) is 5.01 Å². The zero-order valence-electron chi connectivity index (χ0n) is 24.7. The van der Waals surface area contributed by atoms with Gasteiger partial charge in [-0.25, -0.2) is 19.9 Å². The monoisotopic (exact) mass is 654 g/mol. The van der Waals surface area contributed by atoms with Gasteiger partial charge in [-0.05, 0) is 30.3 Å². The molecule has 0 aliphatic heterocycles. The number of benzene rings is 6. The molecule has 0 unspecified atom stereocenters. The molecule has 10 aromatic rings. The molecule has 0 fully saturated rings. The first-order valence-electron chi connectivity index (χ1n) is 15.3. The van der Waals surface area contributed by atoms with Gasteiger partial charge >= 0.3 is 0 Å². The molecule has 4 aromatic heterocycles. The molecule has 0 saturated carbocycles. The largest absolute Gasteiger partial charge is 0.236 e. The second-order valence-corrected chi connectivity index (χ2v) is 14.7. The Kier molecular flexibility index (Phi) is 6.05. The van der Waals surface area contributed by atoms with E-state index in [0.717, 1.165) is 32.8 Å². The standard InChI is InChI=1S/C40H22N4S3/c1-3-10-23(11-4-1)37-42-38(25-18-19-27-26-14-7-8-16-31(26)45-33(27)20-25)44-39(43-37)28-15-9-17-32-36(28)29-21-35-30(22-34(29)46-32)41-40(47-35)24-12-5-2-6-13-24/h1-22H. The van der Waals surface area contributed by atoms with Gasteiger partial charge in [0.05, 0.1) is 10.2 Å². The quantitative estimate of drug-likeness (QED) is 0.189. The SMILES string of the molecule is c1ccc(-c2nc(-c3ccc4c(c3)sc3ccccc34)nc(-c3cccc4sc5cc6nc(-c7ccccc7)sc6cc5c34)n2)cc1. The predicted octanol–water partition coefficient (Wildman–Crippen LogP) is 11.9. The van der Waals surface area contributed by atoms with Crippen LogP contribution in [0.5, 0.6) is 0 Å². The lowest BCUT2D eigenvalue weighted by atomic mass is 10.0. The van der Waals surface area contributed by atoms with Crippen molar-refractivity contribution in [2.45, 2.75) is 0 Å². The topological polar surface area (TPSA) is 51.6 Å². The maximum Gasteiger partial charge on any atom is 0.164 e. The third kappa shape index (κ3) is 4.47. The summed E-state index contributed by atoms with van der Waals surface area (Å²) in [7, 11) is 0. The molecule has 0 radical (unpaired) electrons. The second-order valence-electron chi connectivity index (χ2n) is 11.5.